The molecule has 0 saturated heterocycles. The number of aromatic hydroxyl groups is 1. The number of carbonyl (C=O) groups is 1. The fourth-order valence-corrected chi connectivity index (χ4v) is 5.45. The molecule has 0 aliphatic carbocycles. The zero-order valence-corrected chi connectivity index (χ0v) is 24.4. The lowest BCUT2D eigenvalue weighted by atomic mass is 9.85. The van der Waals surface area contributed by atoms with E-state index < -0.39 is 6.04 Å². The number of phenolic OH excluding ortho intramolecular Hbond substituents is 1. The van der Waals surface area contributed by atoms with Crippen LogP contribution < -0.4 is 9.47 Å². The van der Waals surface area contributed by atoms with Gasteiger partial charge in [-0.2, -0.15) is 5.10 Å². The first kappa shape index (κ1) is 27.6. The first-order valence-corrected chi connectivity index (χ1v) is 13.6. The van der Waals surface area contributed by atoms with Gasteiger partial charge in [-0.1, -0.05) is 62.7 Å². The van der Waals surface area contributed by atoms with E-state index in [1.54, 1.807) is 26.4 Å². The van der Waals surface area contributed by atoms with Crippen LogP contribution in [0.25, 0.3) is 11.3 Å². The number of nitrogens with zero attached hydrogens (tertiary/aromatic N) is 2. The molecule has 7 nitrogen and oxygen atoms in total. The number of aryl methyl sites for hydroxylation is 1. The first-order valence-electron chi connectivity index (χ1n) is 13.2. The van der Waals surface area contributed by atoms with Gasteiger partial charge in [0.25, 0.3) is 5.91 Å². The minimum absolute atomic E-state index is 0.00642. The summed E-state index contributed by atoms with van der Waals surface area (Å²) < 4.78 is 10.9. The Morgan fingerprint density at radius 3 is 2.38 bits per heavy atom. The second-order valence-corrected chi connectivity index (χ2v) is 11.6. The van der Waals surface area contributed by atoms with Gasteiger partial charge in [0.05, 0.1) is 20.3 Å². The molecule has 1 atom stereocenters. The van der Waals surface area contributed by atoms with Crippen molar-refractivity contribution in [3.8, 4) is 28.5 Å². The van der Waals surface area contributed by atoms with Crippen molar-refractivity contribution in [3.05, 3.63) is 93.1 Å². The number of carbonyl (C=O) groups excluding carboxylic acids is 1. The van der Waals surface area contributed by atoms with Crippen LogP contribution in [-0.4, -0.2) is 46.9 Å². The smallest absolute Gasteiger partial charge is 0.273 e. The molecule has 2 heterocycles. The van der Waals surface area contributed by atoms with E-state index in [1.807, 2.05) is 30.0 Å². The molecular formula is C32H34ClN3O4. The molecule has 5 rings (SSSR count). The van der Waals surface area contributed by atoms with E-state index in [4.69, 9.17) is 21.1 Å². The van der Waals surface area contributed by atoms with Crippen molar-refractivity contribution in [1.29, 1.82) is 0 Å². The Hall–Kier alpha value is -3.97. The van der Waals surface area contributed by atoms with E-state index in [9.17, 15) is 9.90 Å². The van der Waals surface area contributed by atoms with Crippen LogP contribution >= 0.6 is 11.6 Å². The van der Waals surface area contributed by atoms with Crippen molar-refractivity contribution in [1.82, 2.24) is 15.1 Å². The van der Waals surface area contributed by atoms with Gasteiger partial charge in [0.1, 0.15) is 17.1 Å². The number of benzene rings is 3. The molecule has 208 valence electrons. The number of nitrogens with one attached hydrogen (secondary N) is 1. The van der Waals surface area contributed by atoms with E-state index >= 15 is 0 Å². The molecule has 40 heavy (non-hydrogen) atoms. The van der Waals surface area contributed by atoms with Crippen molar-refractivity contribution in [2.24, 2.45) is 0 Å². The number of amides is 1. The SMILES string of the molecule is COc1ccc(CCN2C(=O)c3[nH]nc(-c4cc(Cl)c(C)cc4O)c3C2c2ccc(C(C)(C)C)cc2)cc1OC. The molecule has 8 heteroatoms. The molecule has 1 aromatic heterocycles. The molecule has 1 unspecified atom stereocenters. The third-order valence-electron chi connectivity index (χ3n) is 7.58. The molecule has 1 aliphatic rings. The molecule has 0 radical (unpaired) electrons. The molecule has 1 amide bonds. The molecule has 4 aromatic rings. The summed E-state index contributed by atoms with van der Waals surface area (Å²) in [6, 6.07) is 17.1. The molecule has 0 bridgehead atoms. The zero-order valence-electron chi connectivity index (χ0n) is 23.6. The third kappa shape index (κ3) is 4.90. The zero-order chi connectivity index (χ0) is 28.8. The number of phenols is 1. The summed E-state index contributed by atoms with van der Waals surface area (Å²) >= 11 is 6.44. The molecular weight excluding hydrogens is 526 g/mol. The summed E-state index contributed by atoms with van der Waals surface area (Å²) in [7, 11) is 3.21. The van der Waals surface area contributed by atoms with Gasteiger partial charge in [0, 0.05) is 22.7 Å². The fraction of sp³-hybridized carbons (Fsp3) is 0.312. The largest absolute Gasteiger partial charge is 0.507 e. The van der Waals surface area contributed by atoms with Gasteiger partial charge < -0.3 is 19.5 Å². The maximum atomic E-state index is 13.8. The van der Waals surface area contributed by atoms with Crippen LogP contribution in [0.3, 0.4) is 0 Å². The highest BCUT2D eigenvalue weighted by Gasteiger charge is 2.42. The highest BCUT2D eigenvalue weighted by Crippen LogP contribution is 2.45. The van der Waals surface area contributed by atoms with Gasteiger partial charge in [-0.15, -0.1) is 0 Å². The number of H-pyrrole nitrogens is 1. The summed E-state index contributed by atoms with van der Waals surface area (Å²) in [5.74, 6) is 1.22. The molecule has 0 spiro atoms. The summed E-state index contributed by atoms with van der Waals surface area (Å²) in [4.78, 5) is 15.7. The number of aromatic nitrogens is 2. The summed E-state index contributed by atoms with van der Waals surface area (Å²) in [5, 5.41) is 18.8. The topological polar surface area (TPSA) is 87.7 Å². The lowest BCUT2D eigenvalue weighted by Crippen LogP contribution is -2.31. The first-order chi connectivity index (χ1) is 19.0. The van der Waals surface area contributed by atoms with Crippen molar-refractivity contribution in [2.45, 2.75) is 45.6 Å². The number of rotatable bonds is 7. The van der Waals surface area contributed by atoms with Gasteiger partial charge in [-0.05, 0) is 65.3 Å². The van der Waals surface area contributed by atoms with Gasteiger partial charge in [-0.25, -0.2) is 0 Å². The van der Waals surface area contributed by atoms with Crippen molar-refractivity contribution < 1.29 is 19.4 Å². The number of hydrogen-bond acceptors (Lipinski definition) is 5. The number of halogens is 1. The predicted molar refractivity (Wildman–Crippen MR) is 157 cm³/mol. The van der Waals surface area contributed by atoms with Gasteiger partial charge in [-0.3, -0.25) is 9.89 Å². The predicted octanol–water partition coefficient (Wildman–Crippen LogP) is 6.85. The Morgan fingerprint density at radius 1 is 1.02 bits per heavy atom. The quantitative estimate of drug-likeness (QED) is 0.259. The van der Waals surface area contributed by atoms with Crippen LogP contribution in [0.4, 0.5) is 0 Å². The number of aromatic amines is 1. The Kier molecular flexibility index (Phi) is 7.27. The molecule has 1 aliphatic heterocycles. The summed E-state index contributed by atoms with van der Waals surface area (Å²) in [6.07, 6.45) is 0.608. The second kappa shape index (κ2) is 10.5. The summed E-state index contributed by atoms with van der Waals surface area (Å²) in [5.41, 5.74) is 6.09. The van der Waals surface area contributed by atoms with Crippen LogP contribution in [0.15, 0.2) is 54.6 Å². The van der Waals surface area contributed by atoms with E-state index in [0.29, 0.717) is 46.4 Å². The van der Waals surface area contributed by atoms with Gasteiger partial charge in [0.2, 0.25) is 0 Å². The van der Waals surface area contributed by atoms with E-state index in [2.05, 4.69) is 55.2 Å². The van der Waals surface area contributed by atoms with Crippen LogP contribution in [0.2, 0.25) is 5.02 Å². The second-order valence-electron chi connectivity index (χ2n) is 11.2. The Labute approximate surface area is 239 Å². The molecule has 3 aromatic carbocycles. The summed E-state index contributed by atoms with van der Waals surface area (Å²) in [6.45, 7) is 8.81. The molecule has 2 N–H and O–H groups in total. The maximum Gasteiger partial charge on any atom is 0.273 e. The van der Waals surface area contributed by atoms with Gasteiger partial charge >= 0.3 is 0 Å². The molecule has 0 saturated carbocycles. The minimum Gasteiger partial charge on any atom is -0.507 e. The average Bonchev–Trinajstić information content (AvgIpc) is 3.47. The normalized spacial score (nSPS) is 14.9. The highest BCUT2D eigenvalue weighted by molar-refractivity contribution is 6.31. The van der Waals surface area contributed by atoms with Crippen LogP contribution in [-0.2, 0) is 11.8 Å². The highest BCUT2D eigenvalue weighted by atomic mass is 35.5. The number of fused-ring (bicyclic) bond motifs is 1. The Balaban J connectivity index is 1.58. The van der Waals surface area contributed by atoms with Crippen molar-refractivity contribution in [2.75, 3.05) is 20.8 Å². The van der Waals surface area contributed by atoms with E-state index in [-0.39, 0.29) is 17.1 Å². The lowest BCUT2D eigenvalue weighted by molar-refractivity contribution is 0.0746. The molecule has 0 fully saturated rings. The number of ether oxygens (including phenoxy) is 2. The minimum atomic E-state index is -0.398. The monoisotopic (exact) mass is 559 g/mol. The lowest BCUT2D eigenvalue weighted by Gasteiger charge is -2.27. The Morgan fingerprint density at radius 2 is 1.73 bits per heavy atom. The fourth-order valence-electron chi connectivity index (χ4n) is 5.29. The third-order valence-corrected chi connectivity index (χ3v) is 7.98. The van der Waals surface area contributed by atoms with E-state index in [0.717, 1.165) is 22.3 Å². The number of methoxy groups -OCH3 is 2. The van der Waals surface area contributed by atoms with Crippen LogP contribution in [0.1, 0.15) is 65.1 Å². The van der Waals surface area contributed by atoms with Crippen molar-refractivity contribution >= 4 is 17.5 Å². The Bertz CT molecular complexity index is 1570. The standard InChI is InChI=1S/C32H34ClN3O4/c1-18-15-24(37)22(17-23(18)33)28-27-29(35-34-28)31(38)36(14-13-19-7-12-25(39-5)26(16-19)40-6)30(27)20-8-10-21(11-9-20)32(2,3)4/h7-12,15-17,30,37H,13-14H2,1-6H3,(H,34,35). The van der Waals surface area contributed by atoms with Crippen molar-refractivity contribution in [3.63, 3.8) is 0 Å². The average molecular weight is 560 g/mol. The number of hydrogen-bond donors (Lipinski definition) is 2. The van der Waals surface area contributed by atoms with Crippen LogP contribution in [0, 0.1) is 6.92 Å². The van der Waals surface area contributed by atoms with E-state index in [1.165, 1.54) is 5.56 Å². The maximum absolute atomic E-state index is 13.8. The van der Waals surface area contributed by atoms with Crippen LogP contribution in [0.5, 0.6) is 17.2 Å². The van der Waals surface area contributed by atoms with Gasteiger partial charge in [0.15, 0.2) is 11.5 Å².